The molecule has 116 valence electrons. The lowest BCUT2D eigenvalue weighted by molar-refractivity contribution is 0.391. The first-order valence-corrected chi connectivity index (χ1v) is 7.94. The molecule has 0 aromatic carbocycles. The molecule has 0 bridgehead atoms. The summed E-state index contributed by atoms with van der Waals surface area (Å²) in [7, 11) is -3.77. The van der Waals surface area contributed by atoms with Crippen LogP contribution in [0.3, 0.4) is 0 Å². The molecule has 9 nitrogen and oxygen atoms in total. The second-order valence-electron chi connectivity index (χ2n) is 4.87. The van der Waals surface area contributed by atoms with Gasteiger partial charge in [-0.15, -0.1) is 10.2 Å². The zero-order chi connectivity index (χ0) is 15.5. The summed E-state index contributed by atoms with van der Waals surface area (Å²) in [6, 6.07) is 2.72. The molecule has 10 heteroatoms. The van der Waals surface area contributed by atoms with Gasteiger partial charge in [0, 0.05) is 6.04 Å². The quantitative estimate of drug-likeness (QED) is 0.672. The fraction of sp³-hybridized carbons (Fsp3) is 0.545. The first-order chi connectivity index (χ1) is 9.88. The molecule has 2 aromatic rings. The Morgan fingerprint density at radius 2 is 2.10 bits per heavy atom. The van der Waals surface area contributed by atoms with Crippen molar-refractivity contribution in [3.63, 3.8) is 0 Å². The van der Waals surface area contributed by atoms with Crippen LogP contribution in [0.25, 0.3) is 0 Å². The Hall–Kier alpha value is -1.78. The monoisotopic (exact) mass is 314 g/mol. The summed E-state index contributed by atoms with van der Waals surface area (Å²) in [5.41, 5.74) is 0. The molecule has 2 aromatic heterocycles. The number of sulfonamides is 1. The Labute approximate surface area is 122 Å². The van der Waals surface area contributed by atoms with Crippen molar-refractivity contribution in [3.05, 3.63) is 23.7 Å². The predicted molar refractivity (Wildman–Crippen MR) is 73.6 cm³/mol. The van der Waals surface area contributed by atoms with Gasteiger partial charge in [-0.05, 0) is 19.1 Å². The lowest BCUT2D eigenvalue weighted by Crippen LogP contribution is -2.27. The van der Waals surface area contributed by atoms with Crippen molar-refractivity contribution in [2.75, 3.05) is 0 Å². The second-order valence-corrected chi connectivity index (χ2v) is 6.51. The lowest BCUT2D eigenvalue weighted by atomic mass is 10.3. The maximum absolute atomic E-state index is 12.2. The molecule has 0 radical (unpaired) electrons. The van der Waals surface area contributed by atoms with Crippen LogP contribution in [0.15, 0.2) is 21.6 Å². The van der Waals surface area contributed by atoms with Gasteiger partial charge < -0.3 is 9.73 Å². The summed E-state index contributed by atoms with van der Waals surface area (Å²) < 4.78 is 32.1. The van der Waals surface area contributed by atoms with Crippen molar-refractivity contribution in [3.8, 4) is 0 Å². The third kappa shape index (κ3) is 4.09. The van der Waals surface area contributed by atoms with Crippen molar-refractivity contribution in [2.24, 2.45) is 0 Å². The highest BCUT2D eigenvalue weighted by Gasteiger charge is 2.23. The molecule has 21 heavy (non-hydrogen) atoms. The molecule has 3 N–H and O–H groups in total. The fourth-order valence-electron chi connectivity index (χ4n) is 1.60. The average molecular weight is 314 g/mol. The number of tetrazole rings is 1. The molecular formula is C11H18N6O3S. The number of nitrogens with one attached hydrogen (secondary N) is 3. The van der Waals surface area contributed by atoms with Crippen LogP contribution in [-0.2, 0) is 16.6 Å². The van der Waals surface area contributed by atoms with Gasteiger partial charge >= 0.3 is 0 Å². The number of furan rings is 1. The molecular weight excluding hydrogens is 296 g/mol. The average Bonchev–Trinajstić information content (AvgIpc) is 3.07. The lowest BCUT2D eigenvalue weighted by Gasteiger charge is -2.09. The van der Waals surface area contributed by atoms with E-state index in [4.69, 9.17) is 4.42 Å². The Morgan fingerprint density at radius 1 is 1.33 bits per heavy atom. The molecule has 1 unspecified atom stereocenters. The van der Waals surface area contributed by atoms with E-state index in [1.165, 1.54) is 6.07 Å². The molecule has 1 atom stereocenters. The van der Waals surface area contributed by atoms with E-state index < -0.39 is 16.1 Å². The highest BCUT2D eigenvalue weighted by Crippen LogP contribution is 2.16. The Kier molecular flexibility index (Phi) is 4.70. The minimum Gasteiger partial charge on any atom is -0.447 e. The van der Waals surface area contributed by atoms with E-state index in [0.717, 1.165) is 0 Å². The van der Waals surface area contributed by atoms with Gasteiger partial charge in [-0.2, -0.15) is 9.94 Å². The van der Waals surface area contributed by atoms with Crippen LogP contribution in [-0.4, -0.2) is 35.1 Å². The maximum Gasteiger partial charge on any atom is 0.274 e. The normalized spacial score (nSPS) is 13.7. The third-order valence-corrected chi connectivity index (χ3v) is 4.08. The number of rotatable bonds is 7. The Balaban J connectivity index is 2.05. The van der Waals surface area contributed by atoms with Gasteiger partial charge in [-0.1, -0.05) is 19.1 Å². The molecule has 0 aliphatic rings. The van der Waals surface area contributed by atoms with Crippen molar-refractivity contribution in [1.82, 2.24) is 30.7 Å². The van der Waals surface area contributed by atoms with Gasteiger partial charge in [0.25, 0.3) is 10.0 Å². The number of hydrogen-bond acceptors (Lipinski definition) is 7. The van der Waals surface area contributed by atoms with E-state index in [-0.39, 0.29) is 17.0 Å². The number of hydrogen-bond donors (Lipinski definition) is 3. The summed E-state index contributed by atoms with van der Waals surface area (Å²) in [5, 5.41) is 16.1. The van der Waals surface area contributed by atoms with Crippen LogP contribution in [0.4, 0.5) is 0 Å². The van der Waals surface area contributed by atoms with Gasteiger partial charge in [0.1, 0.15) is 5.76 Å². The van der Waals surface area contributed by atoms with E-state index in [1.807, 2.05) is 13.8 Å². The van der Waals surface area contributed by atoms with Crippen LogP contribution in [0.5, 0.6) is 0 Å². The van der Waals surface area contributed by atoms with E-state index in [1.54, 1.807) is 13.0 Å². The topological polar surface area (TPSA) is 126 Å². The predicted octanol–water partition coefficient (Wildman–Crippen LogP) is 0.330. The number of nitrogens with zero attached hydrogens (tertiary/aromatic N) is 3. The van der Waals surface area contributed by atoms with Crippen LogP contribution in [0, 0.1) is 0 Å². The SMILES string of the molecule is CC(C)NCc1ccc(S(=O)(=O)NC(C)c2nn[nH]n2)o1. The molecule has 0 aliphatic carbocycles. The zero-order valence-corrected chi connectivity index (χ0v) is 12.8. The van der Waals surface area contributed by atoms with E-state index >= 15 is 0 Å². The van der Waals surface area contributed by atoms with Gasteiger partial charge in [0.05, 0.1) is 12.6 Å². The number of H-pyrrole nitrogens is 1. The van der Waals surface area contributed by atoms with Crippen LogP contribution < -0.4 is 10.0 Å². The first kappa shape index (κ1) is 15.6. The summed E-state index contributed by atoms with van der Waals surface area (Å²) >= 11 is 0. The zero-order valence-electron chi connectivity index (χ0n) is 12.0. The molecule has 2 rings (SSSR count). The Bertz CT molecular complexity index is 664. The van der Waals surface area contributed by atoms with Crippen LogP contribution in [0.2, 0.25) is 0 Å². The standard InChI is InChI=1S/C11H18N6O3S/c1-7(2)12-6-9-4-5-10(20-9)21(18,19)15-8(3)11-13-16-17-14-11/h4-5,7-8,12,15H,6H2,1-3H3,(H,13,14,16,17). The summed E-state index contributed by atoms with van der Waals surface area (Å²) in [4.78, 5) is 0. The molecule has 2 heterocycles. The molecule has 0 saturated heterocycles. The van der Waals surface area contributed by atoms with E-state index in [2.05, 4.69) is 30.7 Å². The molecule has 0 saturated carbocycles. The minimum atomic E-state index is -3.77. The summed E-state index contributed by atoms with van der Waals surface area (Å²) in [6.45, 7) is 6.07. The third-order valence-electron chi connectivity index (χ3n) is 2.67. The summed E-state index contributed by atoms with van der Waals surface area (Å²) in [6.07, 6.45) is 0. The van der Waals surface area contributed by atoms with E-state index in [0.29, 0.717) is 12.3 Å². The highest BCUT2D eigenvalue weighted by atomic mass is 32.2. The number of aromatic nitrogens is 4. The van der Waals surface area contributed by atoms with Crippen molar-refractivity contribution >= 4 is 10.0 Å². The van der Waals surface area contributed by atoms with Gasteiger partial charge in [0.2, 0.25) is 5.09 Å². The smallest absolute Gasteiger partial charge is 0.274 e. The molecule has 0 amide bonds. The second kappa shape index (κ2) is 6.33. The molecule has 0 fully saturated rings. The van der Waals surface area contributed by atoms with Crippen molar-refractivity contribution < 1.29 is 12.8 Å². The number of aromatic amines is 1. The van der Waals surface area contributed by atoms with Gasteiger partial charge in [0.15, 0.2) is 5.82 Å². The molecule has 0 aliphatic heterocycles. The van der Waals surface area contributed by atoms with Crippen LogP contribution >= 0.6 is 0 Å². The highest BCUT2D eigenvalue weighted by molar-refractivity contribution is 7.89. The van der Waals surface area contributed by atoms with Gasteiger partial charge in [-0.25, -0.2) is 8.42 Å². The fourth-order valence-corrected chi connectivity index (χ4v) is 2.75. The summed E-state index contributed by atoms with van der Waals surface area (Å²) in [5.74, 6) is 0.808. The van der Waals surface area contributed by atoms with Gasteiger partial charge in [-0.3, -0.25) is 0 Å². The van der Waals surface area contributed by atoms with Crippen molar-refractivity contribution in [2.45, 2.75) is 44.5 Å². The van der Waals surface area contributed by atoms with E-state index in [9.17, 15) is 8.42 Å². The molecule has 0 spiro atoms. The largest absolute Gasteiger partial charge is 0.447 e. The maximum atomic E-state index is 12.2. The Morgan fingerprint density at radius 3 is 2.71 bits per heavy atom. The first-order valence-electron chi connectivity index (χ1n) is 6.46. The van der Waals surface area contributed by atoms with Crippen LogP contribution in [0.1, 0.15) is 38.4 Å². The van der Waals surface area contributed by atoms with Crippen molar-refractivity contribution in [1.29, 1.82) is 0 Å². The minimum absolute atomic E-state index is 0.140.